The predicted molar refractivity (Wildman–Crippen MR) is 200 cm³/mol. The smallest absolute Gasteiger partial charge is 0.239 e. The van der Waals surface area contributed by atoms with Gasteiger partial charge in [-0.05, 0) is 36.5 Å². The van der Waals surface area contributed by atoms with E-state index < -0.39 is 0 Å². The van der Waals surface area contributed by atoms with Crippen LogP contribution in [0.3, 0.4) is 0 Å². The summed E-state index contributed by atoms with van der Waals surface area (Å²) in [4.78, 5) is 44.0. The second kappa shape index (κ2) is 18.9. The number of nitrogens with one attached hydrogen (secondary N) is 5. The SMILES string of the molecule is C.COc1ccc(NC(=O)CCl)cc1O.COc1ccc(NC(=O)CSc2nc3cc(Cl)ncc3[nH]2)cc1O.S=c1[nH]c2cnc(Cl)cc2[nH]1. The monoisotopic (exact) mass is 780 g/mol. The maximum absolute atomic E-state index is 12.0. The van der Waals surface area contributed by atoms with Crippen LogP contribution in [0.2, 0.25) is 10.3 Å². The summed E-state index contributed by atoms with van der Waals surface area (Å²) >= 11 is 22.9. The summed E-state index contributed by atoms with van der Waals surface area (Å²) in [5, 5.41) is 25.7. The van der Waals surface area contributed by atoms with Crippen LogP contribution in [0.4, 0.5) is 11.4 Å². The molecule has 14 nitrogen and oxygen atoms in total. The van der Waals surface area contributed by atoms with Gasteiger partial charge in [-0.3, -0.25) is 9.59 Å². The van der Waals surface area contributed by atoms with E-state index in [9.17, 15) is 19.8 Å². The minimum absolute atomic E-state index is 0. The number of ether oxygens (including phenoxy) is 2. The molecule has 6 aromatic rings. The lowest BCUT2D eigenvalue weighted by atomic mass is 10.3. The molecule has 0 saturated heterocycles. The Kier molecular flexibility index (Phi) is 15.0. The molecule has 0 spiro atoms. The molecule has 4 aromatic heterocycles. The number of imidazole rings is 2. The number of carbonyl (C=O) groups is 2. The van der Waals surface area contributed by atoms with E-state index >= 15 is 0 Å². The zero-order valence-corrected chi connectivity index (χ0v) is 29.4. The summed E-state index contributed by atoms with van der Waals surface area (Å²) in [5.74, 6) is 0.133. The highest BCUT2D eigenvalue weighted by molar-refractivity contribution is 7.99. The summed E-state index contributed by atoms with van der Waals surface area (Å²) in [7, 11) is 2.91. The number of alkyl halides is 1. The van der Waals surface area contributed by atoms with E-state index in [1.807, 2.05) is 0 Å². The van der Waals surface area contributed by atoms with Crippen molar-refractivity contribution in [3.05, 3.63) is 76.0 Å². The third-order valence-corrected chi connectivity index (χ3v) is 7.80. The van der Waals surface area contributed by atoms with Crippen molar-refractivity contribution in [2.24, 2.45) is 0 Å². The minimum atomic E-state index is -0.323. The van der Waals surface area contributed by atoms with Crippen LogP contribution < -0.4 is 20.1 Å². The lowest BCUT2D eigenvalue weighted by molar-refractivity contribution is -0.114. The number of nitrogens with zero attached hydrogens (tertiary/aromatic N) is 3. The van der Waals surface area contributed by atoms with Crippen molar-refractivity contribution in [1.29, 1.82) is 0 Å². The summed E-state index contributed by atoms with van der Waals surface area (Å²) < 4.78 is 10.4. The van der Waals surface area contributed by atoms with Crippen LogP contribution in [0.1, 0.15) is 7.43 Å². The minimum Gasteiger partial charge on any atom is -0.504 e. The highest BCUT2D eigenvalue weighted by Crippen LogP contribution is 2.29. The van der Waals surface area contributed by atoms with Gasteiger partial charge in [-0.2, -0.15) is 0 Å². The Balaban J connectivity index is 0.000000221. The Morgan fingerprint density at radius 2 is 1.36 bits per heavy atom. The first-order valence-electron chi connectivity index (χ1n) is 13.7. The van der Waals surface area contributed by atoms with Gasteiger partial charge in [-0.1, -0.05) is 42.4 Å². The van der Waals surface area contributed by atoms with Gasteiger partial charge in [0.05, 0.1) is 54.4 Å². The number of aromatic nitrogens is 6. The Morgan fingerprint density at radius 3 is 1.92 bits per heavy atom. The van der Waals surface area contributed by atoms with Gasteiger partial charge >= 0.3 is 0 Å². The normalized spacial score (nSPS) is 10.2. The molecule has 0 bridgehead atoms. The van der Waals surface area contributed by atoms with Crippen molar-refractivity contribution in [3.8, 4) is 23.0 Å². The third kappa shape index (κ3) is 11.4. The zero-order chi connectivity index (χ0) is 35.5. The number of aromatic amines is 3. The number of hydrogen-bond donors (Lipinski definition) is 7. The number of fused-ring (bicyclic) bond motifs is 2. The van der Waals surface area contributed by atoms with Crippen molar-refractivity contribution in [1.82, 2.24) is 29.9 Å². The first-order chi connectivity index (χ1) is 23.5. The molecule has 4 heterocycles. The number of phenols is 2. The second-order valence-corrected chi connectivity index (χ2v) is 11.9. The molecule has 50 heavy (non-hydrogen) atoms. The quantitative estimate of drug-likeness (QED) is 0.0348. The number of rotatable bonds is 8. The van der Waals surface area contributed by atoms with Gasteiger partial charge in [0.2, 0.25) is 11.8 Å². The van der Waals surface area contributed by atoms with Gasteiger partial charge in [0.1, 0.15) is 16.2 Å². The van der Waals surface area contributed by atoms with E-state index in [0.717, 1.165) is 16.6 Å². The summed E-state index contributed by atoms with van der Waals surface area (Å²) in [6.45, 7) is 0. The standard InChI is InChI=1S/C15H13ClN4O3S.C9H10ClNO3.C6H4ClN3S.CH4/c1-23-12-3-2-8(4-11(12)21)18-14(22)7-24-15-19-9-5-13(16)17-6-10(9)20-15;1-14-8-3-2-6(4-7(8)12)11-9(13)5-10;7-5-1-3-4(2-8-5)10-6(11)9-3;/h2-6,21H,7H2,1H3,(H,18,22)(H,19,20);2-4,12H,5H2,1H3,(H,11,13);1-2H,(H2,9,10,11);1H4. The summed E-state index contributed by atoms with van der Waals surface area (Å²) in [6.07, 6.45) is 3.24. The molecule has 264 valence electrons. The average molecular weight is 782 g/mol. The molecule has 7 N–H and O–H groups in total. The average Bonchev–Trinajstić information content (AvgIpc) is 3.65. The van der Waals surface area contributed by atoms with Gasteiger partial charge < -0.3 is 45.3 Å². The molecule has 2 aromatic carbocycles. The molecular weight excluding hydrogens is 751 g/mol. The fourth-order valence-electron chi connectivity index (χ4n) is 3.90. The molecule has 0 aliphatic heterocycles. The number of benzene rings is 2. The number of phenolic OH excluding ortho intramolecular Hbond substituents is 2. The van der Waals surface area contributed by atoms with Crippen LogP contribution in [-0.2, 0) is 9.59 Å². The maximum atomic E-state index is 12.0. The molecule has 19 heteroatoms. The topological polar surface area (TPSA) is 203 Å². The molecule has 0 aliphatic rings. The van der Waals surface area contributed by atoms with E-state index in [0.29, 0.717) is 48.6 Å². The van der Waals surface area contributed by atoms with Crippen molar-refractivity contribution >= 4 is 104 Å². The van der Waals surface area contributed by atoms with Gasteiger partial charge in [0.25, 0.3) is 0 Å². The van der Waals surface area contributed by atoms with Crippen molar-refractivity contribution in [2.45, 2.75) is 12.6 Å². The molecule has 2 amide bonds. The fraction of sp³-hybridized carbons (Fsp3) is 0.161. The number of H-pyrrole nitrogens is 3. The number of aromatic hydroxyl groups is 2. The van der Waals surface area contributed by atoms with E-state index in [4.69, 9.17) is 56.5 Å². The maximum Gasteiger partial charge on any atom is 0.239 e. The molecule has 0 unspecified atom stereocenters. The Hall–Kier alpha value is -4.74. The number of hydrogen-bond acceptors (Lipinski definition) is 11. The van der Waals surface area contributed by atoms with Crippen LogP contribution >= 0.6 is 58.8 Å². The Morgan fingerprint density at radius 1 is 0.820 bits per heavy atom. The largest absolute Gasteiger partial charge is 0.504 e. The van der Waals surface area contributed by atoms with Crippen LogP contribution in [0.5, 0.6) is 23.0 Å². The van der Waals surface area contributed by atoms with Gasteiger partial charge in [-0.25, -0.2) is 15.0 Å². The lowest BCUT2D eigenvalue weighted by Gasteiger charge is -2.07. The molecule has 0 radical (unpaired) electrons. The highest BCUT2D eigenvalue weighted by Gasteiger charge is 2.10. The van der Waals surface area contributed by atoms with E-state index in [1.165, 1.54) is 38.1 Å². The van der Waals surface area contributed by atoms with Crippen LogP contribution in [0, 0.1) is 4.77 Å². The molecule has 0 atom stereocenters. The second-order valence-electron chi connectivity index (χ2n) is 9.49. The number of amides is 2. The van der Waals surface area contributed by atoms with Crippen molar-refractivity contribution in [2.75, 3.05) is 36.5 Å². The van der Waals surface area contributed by atoms with Gasteiger partial charge in [0, 0.05) is 35.6 Å². The number of thioether (sulfide) groups is 1. The highest BCUT2D eigenvalue weighted by atomic mass is 35.5. The van der Waals surface area contributed by atoms with Crippen molar-refractivity contribution < 1.29 is 29.3 Å². The van der Waals surface area contributed by atoms with Crippen LogP contribution in [0.15, 0.2) is 66.1 Å². The van der Waals surface area contributed by atoms with E-state index in [2.05, 4.69) is 40.5 Å². The van der Waals surface area contributed by atoms with Crippen LogP contribution in [0.25, 0.3) is 22.1 Å². The summed E-state index contributed by atoms with van der Waals surface area (Å²) in [6, 6.07) is 12.6. The number of pyridine rings is 2. The third-order valence-electron chi connectivity index (χ3n) is 6.07. The van der Waals surface area contributed by atoms with E-state index in [-0.39, 0.29) is 42.4 Å². The van der Waals surface area contributed by atoms with Gasteiger partial charge in [-0.15, -0.1) is 11.6 Å². The number of halogens is 3. The number of methoxy groups -OCH3 is 2. The first kappa shape index (κ1) is 39.7. The van der Waals surface area contributed by atoms with Crippen LogP contribution in [-0.4, -0.2) is 77.8 Å². The molecule has 0 saturated carbocycles. The molecule has 6 rings (SSSR count). The Bertz CT molecular complexity index is 2140. The van der Waals surface area contributed by atoms with Crippen molar-refractivity contribution in [3.63, 3.8) is 0 Å². The first-order valence-corrected chi connectivity index (χ1v) is 16.4. The molecule has 0 aliphatic carbocycles. The van der Waals surface area contributed by atoms with E-state index in [1.54, 1.807) is 48.8 Å². The zero-order valence-electron chi connectivity index (χ0n) is 25.5. The lowest BCUT2D eigenvalue weighted by Crippen LogP contribution is -2.14. The molecule has 0 fully saturated rings. The fourth-order valence-corrected chi connectivity index (χ4v) is 5.18. The summed E-state index contributed by atoms with van der Waals surface area (Å²) in [5.41, 5.74) is 4.17. The Labute approximate surface area is 309 Å². The number of anilines is 2. The molecular formula is C31H31Cl3N8O6S2. The number of carbonyl (C=O) groups excluding carboxylic acids is 2. The van der Waals surface area contributed by atoms with Gasteiger partial charge in [0.15, 0.2) is 32.9 Å². The predicted octanol–water partition coefficient (Wildman–Crippen LogP) is 7.54.